The summed E-state index contributed by atoms with van der Waals surface area (Å²) >= 11 is 0. The van der Waals surface area contributed by atoms with Gasteiger partial charge in [-0.2, -0.15) is 0 Å². The second kappa shape index (κ2) is 7.20. The summed E-state index contributed by atoms with van der Waals surface area (Å²) in [7, 11) is 0. The molecule has 4 nitrogen and oxygen atoms in total. The third kappa shape index (κ3) is 4.55. The van der Waals surface area contributed by atoms with E-state index in [4.69, 9.17) is 5.11 Å². The number of benzene rings is 1. The van der Waals surface area contributed by atoms with Crippen molar-refractivity contribution >= 4 is 11.9 Å². The normalized spacial score (nSPS) is 12.8. The zero-order valence-electron chi connectivity index (χ0n) is 12.6. The quantitative estimate of drug-likeness (QED) is 0.813. The van der Waals surface area contributed by atoms with Gasteiger partial charge >= 0.3 is 5.97 Å². The molecule has 1 aromatic rings. The minimum absolute atomic E-state index is 0.374. The predicted molar refractivity (Wildman–Crippen MR) is 78.5 cm³/mol. The van der Waals surface area contributed by atoms with E-state index in [1.165, 1.54) is 24.3 Å². The molecule has 0 fully saturated rings. The van der Waals surface area contributed by atoms with Crippen LogP contribution in [0.25, 0.3) is 0 Å². The maximum atomic E-state index is 13.0. The van der Waals surface area contributed by atoms with E-state index in [-0.39, 0.29) is 11.7 Å². The topological polar surface area (TPSA) is 66.4 Å². The molecule has 0 spiro atoms. The summed E-state index contributed by atoms with van der Waals surface area (Å²) < 4.78 is 13.0. The first-order valence-corrected chi connectivity index (χ1v) is 7.08. The van der Waals surface area contributed by atoms with Gasteiger partial charge in [0.05, 0.1) is 5.41 Å². The molecule has 1 rings (SSSR count). The molecule has 0 bridgehead atoms. The Morgan fingerprint density at radius 1 is 1.29 bits per heavy atom. The molecule has 0 saturated heterocycles. The molecule has 0 heterocycles. The number of hydrogen-bond acceptors (Lipinski definition) is 2. The van der Waals surface area contributed by atoms with Crippen LogP contribution in [0, 0.1) is 5.82 Å². The van der Waals surface area contributed by atoms with Crippen LogP contribution in [0.2, 0.25) is 0 Å². The molecule has 0 aliphatic rings. The third-order valence-corrected chi connectivity index (χ3v) is 3.58. The minimum Gasteiger partial charge on any atom is -0.480 e. The number of hydrogen-bond donors (Lipinski definition) is 2. The molecule has 2 N–H and O–H groups in total. The molecular formula is C16H22FNO3. The van der Waals surface area contributed by atoms with Gasteiger partial charge < -0.3 is 10.4 Å². The fraction of sp³-hybridized carbons (Fsp3) is 0.500. The van der Waals surface area contributed by atoms with E-state index in [9.17, 15) is 14.0 Å². The number of aliphatic carboxylic acids is 1. The second-order valence-corrected chi connectivity index (χ2v) is 5.64. The average Bonchev–Trinajstić information content (AvgIpc) is 2.43. The summed E-state index contributed by atoms with van der Waals surface area (Å²) in [4.78, 5) is 23.5. The van der Waals surface area contributed by atoms with Crippen molar-refractivity contribution in [1.82, 2.24) is 5.32 Å². The van der Waals surface area contributed by atoms with Gasteiger partial charge in [0, 0.05) is 0 Å². The first-order chi connectivity index (χ1) is 9.78. The van der Waals surface area contributed by atoms with Crippen LogP contribution in [0.5, 0.6) is 0 Å². The Bertz CT molecular complexity index is 497. The zero-order valence-corrected chi connectivity index (χ0v) is 12.6. The Morgan fingerprint density at radius 2 is 1.86 bits per heavy atom. The number of carbonyl (C=O) groups excluding carboxylic acids is 1. The van der Waals surface area contributed by atoms with Gasteiger partial charge in [-0.3, -0.25) is 4.79 Å². The molecule has 5 heteroatoms. The monoisotopic (exact) mass is 295 g/mol. The van der Waals surface area contributed by atoms with Gasteiger partial charge in [0.2, 0.25) is 5.91 Å². The van der Waals surface area contributed by atoms with Gasteiger partial charge in [-0.15, -0.1) is 0 Å². The molecular weight excluding hydrogens is 273 g/mol. The minimum atomic E-state index is -1.04. The summed E-state index contributed by atoms with van der Waals surface area (Å²) in [6.07, 6.45) is 1.99. The largest absolute Gasteiger partial charge is 0.480 e. The maximum absolute atomic E-state index is 13.0. The number of rotatable bonds is 7. The van der Waals surface area contributed by atoms with E-state index in [0.717, 1.165) is 12.8 Å². The van der Waals surface area contributed by atoms with Crippen molar-refractivity contribution in [2.75, 3.05) is 0 Å². The third-order valence-electron chi connectivity index (χ3n) is 3.58. The molecule has 0 aliphatic carbocycles. The Labute approximate surface area is 124 Å². The number of unbranched alkanes of at least 4 members (excludes halogenated alkanes) is 1. The summed E-state index contributed by atoms with van der Waals surface area (Å²) in [5, 5.41) is 11.7. The predicted octanol–water partition coefficient (Wildman–Crippen LogP) is 2.86. The number of nitrogens with one attached hydrogen (secondary N) is 1. The lowest BCUT2D eigenvalue weighted by molar-refractivity contribution is -0.142. The van der Waals surface area contributed by atoms with E-state index in [1.54, 1.807) is 13.8 Å². The van der Waals surface area contributed by atoms with E-state index >= 15 is 0 Å². The number of carboxylic acid groups (broad SMARTS) is 1. The van der Waals surface area contributed by atoms with Crippen molar-refractivity contribution in [3.8, 4) is 0 Å². The smallest absolute Gasteiger partial charge is 0.326 e. The molecule has 1 atom stereocenters. The lowest BCUT2D eigenvalue weighted by Crippen LogP contribution is -2.48. The molecule has 0 aliphatic heterocycles. The highest BCUT2D eigenvalue weighted by Gasteiger charge is 2.32. The Morgan fingerprint density at radius 3 is 2.33 bits per heavy atom. The molecule has 1 unspecified atom stereocenters. The van der Waals surface area contributed by atoms with Crippen LogP contribution >= 0.6 is 0 Å². The zero-order chi connectivity index (χ0) is 16.0. The van der Waals surface area contributed by atoms with Gasteiger partial charge in [0.15, 0.2) is 0 Å². The fourth-order valence-electron chi connectivity index (χ4n) is 2.00. The average molecular weight is 295 g/mol. The van der Waals surface area contributed by atoms with Crippen molar-refractivity contribution in [3.63, 3.8) is 0 Å². The highest BCUT2D eigenvalue weighted by atomic mass is 19.1. The molecule has 1 aromatic carbocycles. The van der Waals surface area contributed by atoms with E-state index in [2.05, 4.69) is 5.32 Å². The Kier molecular flexibility index (Phi) is 5.88. The van der Waals surface area contributed by atoms with Crippen molar-refractivity contribution in [1.29, 1.82) is 0 Å². The number of halogens is 1. The Balaban J connectivity index is 2.84. The molecule has 116 valence electrons. The van der Waals surface area contributed by atoms with Crippen LogP contribution in [-0.4, -0.2) is 23.0 Å². The summed E-state index contributed by atoms with van der Waals surface area (Å²) in [5.74, 6) is -1.79. The molecule has 1 amide bonds. The van der Waals surface area contributed by atoms with Crippen LogP contribution in [0.15, 0.2) is 24.3 Å². The number of amides is 1. The van der Waals surface area contributed by atoms with Gasteiger partial charge in [-0.1, -0.05) is 31.9 Å². The van der Waals surface area contributed by atoms with E-state index in [0.29, 0.717) is 12.0 Å². The van der Waals surface area contributed by atoms with Crippen molar-refractivity contribution in [3.05, 3.63) is 35.6 Å². The standard InChI is InChI=1S/C16H22FNO3/c1-4-5-6-13(14(19)20)18-15(21)16(2,3)11-7-9-12(17)10-8-11/h7-10,13H,4-6H2,1-3H3,(H,18,21)(H,19,20). The van der Waals surface area contributed by atoms with Gasteiger partial charge in [0.25, 0.3) is 0 Å². The van der Waals surface area contributed by atoms with Crippen molar-refractivity contribution < 1.29 is 19.1 Å². The van der Waals surface area contributed by atoms with Gasteiger partial charge in [-0.25, -0.2) is 9.18 Å². The van der Waals surface area contributed by atoms with E-state index in [1.807, 2.05) is 6.92 Å². The molecule has 0 radical (unpaired) electrons. The fourth-order valence-corrected chi connectivity index (χ4v) is 2.00. The highest BCUT2D eigenvalue weighted by molar-refractivity contribution is 5.90. The van der Waals surface area contributed by atoms with Crippen molar-refractivity contribution in [2.24, 2.45) is 0 Å². The van der Waals surface area contributed by atoms with E-state index < -0.39 is 17.4 Å². The molecule has 0 aromatic heterocycles. The highest BCUT2D eigenvalue weighted by Crippen LogP contribution is 2.24. The second-order valence-electron chi connectivity index (χ2n) is 5.64. The lowest BCUT2D eigenvalue weighted by atomic mass is 9.83. The van der Waals surface area contributed by atoms with Crippen molar-refractivity contribution in [2.45, 2.75) is 51.5 Å². The van der Waals surface area contributed by atoms with Crippen LogP contribution < -0.4 is 5.32 Å². The summed E-state index contributed by atoms with van der Waals surface area (Å²) in [6, 6.07) is 4.76. The van der Waals surface area contributed by atoms with Gasteiger partial charge in [0.1, 0.15) is 11.9 Å². The summed E-state index contributed by atoms with van der Waals surface area (Å²) in [6.45, 7) is 5.34. The van der Waals surface area contributed by atoms with Crippen LogP contribution in [0.4, 0.5) is 4.39 Å². The summed E-state index contributed by atoms with van der Waals surface area (Å²) in [5.41, 5.74) is -0.283. The van der Waals surface area contributed by atoms with Crippen LogP contribution in [-0.2, 0) is 15.0 Å². The van der Waals surface area contributed by atoms with Gasteiger partial charge in [-0.05, 0) is 38.0 Å². The Hall–Kier alpha value is -1.91. The van der Waals surface area contributed by atoms with Crippen LogP contribution in [0.1, 0.15) is 45.6 Å². The first-order valence-electron chi connectivity index (χ1n) is 7.08. The van der Waals surface area contributed by atoms with Crippen LogP contribution in [0.3, 0.4) is 0 Å². The molecule has 0 saturated carbocycles. The molecule has 21 heavy (non-hydrogen) atoms. The lowest BCUT2D eigenvalue weighted by Gasteiger charge is -2.26. The number of carboxylic acids is 1. The maximum Gasteiger partial charge on any atom is 0.326 e. The number of carbonyl (C=O) groups is 2. The first kappa shape index (κ1) is 17.1. The SMILES string of the molecule is CCCCC(NC(=O)C(C)(C)c1ccc(F)cc1)C(=O)O.